The maximum absolute atomic E-state index is 13.8. The Kier molecular flexibility index (Phi) is 83.9. The second-order valence-electron chi connectivity index (χ2n) is 26.8. The lowest BCUT2D eigenvalue weighted by atomic mass is 9.83. The van der Waals surface area contributed by atoms with E-state index in [-0.39, 0.29) is 206 Å². The number of esters is 15. The van der Waals surface area contributed by atoms with Gasteiger partial charge in [-0.05, 0) is 38.5 Å². The van der Waals surface area contributed by atoms with Gasteiger partial charge in [-0.25, -0.2) is 43.2 Å². The number of hydrogen-bond donors (Lipinski definition) is 6. The zero-order valence-corrected chi connectivity index (χ0v) is 65.6. The van der Waals surface area contributed by atoms with Gasteiger partial charge in [0.05, 0.1) is 98.6 Å². The van der Waals surface area contributed by atoms with E-state index in [1.54, 1.807) is 36.5 Å². The predicted octanol–water partition coefficient (Wildman–Crippen LogP) is 5.37. The molecular weight excluding hydrogens is 1740 g/mol. The van der Waals surface area contributed by atoms with Crippen LogP contribution in [0.15, 0.2) is 74.4 Å². The maximum atomic E-state index is 13.8. The van der Waals surface area contributed by atoms with Crippen molar-refractivity contribution in [2.45, 2.75) is 147 Å². The molecule has 131 heavy (non-hydrogen) atoms. The topological polar surface area (TPSA) is 586 Å². The molecule has 0 bridgehead atoms. The fraction of sp³-hybridized carbons (Fsp3) is 0.659. The quantitative estimate of drug-likeness (QED) is 0.0193. The number of carbonyl (C=O) groups is 18. The van der Waals surface area contributed by atoms with Gasteiger partial charge in [0, 0.05) is 77.1 Å². The molecule has 0 aromatic heterocycles. The number of hydrogen-bond acceptors (Lipinski definition) is 40. The minimum atomic E-state index is -2.34. The molecule has 0 spiro atoms. The molecule has 0 aromatic carbocycles. The minimum Gasteiger partial charge on any atom is -0.481 e. The Morgan fingerprint density at radius 3 is 0.656 bits per heavy atom. The fourth-order valence-corrected chi connectivity index (χ4v) is 11.2. The second-order valence-corrected chi connectivity index (χ2v) is 26.8. The fourth-order valence-electron chi connectivity index (χ4n) is 11.2. The zero-order chi connectivity index (χ0) is 88.1. The molecule has 6 N–H and O–H groups in total. The molecule has 0 radical (unpaired) electrons. The summed E-state index contributed by atoms with van der Waals surface area (Å²) in [5.41, 5.74) is -4.57. The summed E-state index contributed by atoms with van der Waals surface area (Å²) in [7, 11) is 0. The number of ether oxygens (including phenoxy) is 16. The second kappa shape index (κ2) is 78.5. The Bertz CT molecular complexity index is 3210. The van der Waals surface area contributed by atoms with Crippen molar-refractivity contribution in [1.82, 2.24) is 14.7 Å². The third-order valence-corrected chi connectivity index (χ3v) is 17.9. The van der Waals surface area contributed by atoms with Crippen LogP contribution in [0.5, 0.6) is 0 Å². The predicted molar refractivity (Wildman–Crippen MR) is 475 cm³/mol. The van der Waals surface area contributed by atoms with E-state index in [0.29, 0.717) is 18.2 Å². The van der Waals surface area contributed by atoms with E-state index in [9.17, 15) is 117 Å². The number of carboxylic acid groups (broad SMARTS) is 3. The van der Waals surface area contributed by atoms with Crippen LogP contribution in [0.2, 0.25) is 0 Å². The van der Waals surface area contributed by atoms with Crippen LogP contribution in [0.4, 0.5) is 0 Å². The first-order chi connectivity index (χ1) is 56.8. The van der Waals surface area contributed by atoms with E-state index in [0.717, 1.165) is 0 Å². The Hall–Kier alpha value is -11.4. The molecule has 0 fully saturated rings. The number of carboxylic acids is 3. The highest BCUT2D eigenvalue weighted by atomic mass is 16.6. The smallest absolute Gasteiger partial charge is 0.344 e. The van der Waals surface area contributed by atoms with Crippen LogP contribution in [0.3, 0.4) is 0 Å². The van der Waals surface area contributed by atoms with Crippen LogP contribution in [-0.4, -0.2) is 344 Å². The van der Waals surface area contributed by atoms with E-state index in [1.807, 2.05) is 0 Å². The molecule has 0 aromatic rings. The first-order valence-corrected chi connectivity index (χ1v) is 37.3. The van der Waals surface area contributed by atoms with Gasteiger partial charge in [-0.15, -0.1) is 0 Å². The van der Waals surface area contributed by atoms with Crippen LogP contribution in [0, 0.1) is 46.3 Å². The molecule has 3 aliphatic rings. The molecule has 0 amide bonds. The van der Waals surface area contributed by atoms with E-state index in [4.69, 9.17) is 75.8 Å². The van der Waals surface area contributed by atoms with E-state index >= 15 is 0 Å². The Morgan fingerprint density at radius 2 is 0.466 bits per heavy atom. The Labute approximate surface area is 770 Å². The van der Waals surface area contributed by atoms with Crippen molar-refractivity contribution in [3.05, 3.63) is 74.4 Å². The van der Waals surface area contributed by atoms with Gasteiger partial charge in [0.15, 0.2) is 39.6 Å². The number of nitrogens with zero attached hydrogens (tertiary/aromatic N) is 3. The van der Waals surface area contributed by atoms with Crippen LogP contribution in [0.1, 0.15) is 147 Å². The molecule has 0 heterocycles. The maximum Gasteiger partial charge on any atom is 0.344 e. The van der Waals surface area contributed by atoms with Crippen molar-refractivity contribution < 1.29 is 193 Å². The SMILES string of the molecule is C.C.C.C.C.C.C.C.C.C.C.C.C=CC(=O)OCC(=O)OCC(COCC(COC(=O)COC(=O)CCN(CCO)CCOC(=O)C1CC=CCC1C(=O)O)(COC(=O)COC(=O)CCN(CCO)CCOC(=O)C1CC=CCC1C(=O)O)COC(=O)COC(=O)CCN(CCO)CCOC(=O)C1CC=CCC1C(=O)O)(COC(=O)COC(=O)C=C)COC(=O)COC(=O)C=C. The molecule has 3 aliphatic carbocycles. The Morgan fingerprint density at radius 1 is 0.267 bits per heavy atom. The number of aliphatic hydroxyl groups is 3. The molecule has 6 unspecified atom stereocenters. The summed E-state index contributed by atoms with van der Waals surface area (Å²) in [5, 5.41) is 58.2. The van der Waals surface area contributed by atoms with Crippen molar-refractivity contribution >= 4 is 107 Å². The highest BCUT2D eigenvalue weighted by Crippen LogP contribution is 2.31. The van der Waals surface area contributed by atoms with Crippen LogP contribution < -0.4 is 0 Å². The van der Waals surface area contributed by atoms with Gasteiger partial charge in [0.1, 0.15) is 59.5 Å². The Balaban J connectivity index is -0.00000153. The summed E-state index contributed by atoms with van der Waals surface area (Å²) in [6.45, 7) is -9.21. The normalized spacial score (nSPS) is 15.5. The third kappa shape index (κ3) is 57.4. The molecule has 0 saturated carbocycles. The van der Waals surface area contributed by atoms with E-state index in [1.165, 1.54) is 14.7 Å². The third-order valence-electron chi connectivity index (χ3n) is 17.9. The van der Waals surface area contributed by atoms with Crippen molar-refractivity contribution in [3.8, 4) is 0 Å². The van der Waals surface area contributed by atoms with Crippen molar-refractivity contribution in [3.63, 3.8) is 0 Å². The monoisotopic (exact) mass is 1890 g/mol. The van der Waals surface area contributed by atoms with Gasteiger partial charge < -0.3 is 106 Å². The minimum absolute atomic E-state index is 0. The van der Waals surface area contributed by atoms with Gasteiger partial charge in [-0.2, -0.15) is 0 Å². The molecule has 0 saturated heterocycles. The first kappa shape index (κ1) is 140. The lowest BCUT2D eigenvalue weighted by Gasteiger charge is -2.35. The van der Waals surface area contributed by atoms with Gasteiger partial charge in [-0.3, -0.25) is 57.9 Å². The van der Waals surface area contributed by atoms with E-state index < -0.39 is 285 Å². The molecule has 758 valence electrons. The molecule has 3 rings (SSSR count). The van der Waals surface area contributed by atoms with Gasteiger partial charge in [-0.1, -0.05) is 145 Å². The summed E-state index contributed by atoms with van der Waals surface area (Å²) in [6.07, 6.45) is 11.1. The largest absolute Gasteiger partial charge is 0.481 e. The highest BCUT2D eigenvalue weighted by molar-refractivity contribution is 5.87. The van der Waals surface area contributed by atoms with Crippen LogP contribution in [-0.2, 0) is 162 Å². The average Bonchev–Trinajstić information content (AvgIpc) is 0.773. The summed E-state index contributed by atoms with van der Waals surface area (Å²) < 4.78 is 84.7. The zero-order valence-electron chi connectivity index (χ0n) is 65.6. The number of carbonyl (C=O) groups excluding carboxylic acids is 15. The van der Waals surface area contributed by atoms with Gasteiger partial charge >= 0.3 is 107 Å². The lowest BCUT2D eigenvalue weighted by Crippen LogP contribution is -2.48. The van der Waals surface area contributed by atoms with Crippen molar-refractivity contribution in [2.24, 2.45) is 46.3 Å². The highest BCUT2D eigenvalue weighted by Gasteiger charge is 2.43. The molecule has 43 heteroatoms. The van der Waals surface area contributed by atoms with Gasteiger partial charge in [0.25, 0.3) is 0 Å². The van der Waals surface area contributed by atoms with Crippen molar-refractivity contribution in [2.75, 3.05) is 191 Å². The summed E-state index contributed by atoms with van der Waals surface area (Å²) in [5.74, 6) is -26.6. The van der Waals surface area contributed by atoms with Crippen LogP contribution in [0.25, 0.3) is 0 Å². The standard InChI is InChI=1S/C76H103N3O40.12CH4/c1-4-57(83)108-37-63(89)114-45-75(46-115-64(90)38-109-58(84)5-2,47-116-65(91)39-110-59(85)6-3)43-104-44-76(48-117-66(92)40-111-60(86)19-22-77(25-31-80)28-34-105-72(101)54-16-10-7-13-51(54)69(95)96,49-118-67(93)41-112-61(87)20-23-78(26-32-81)29-35-106-73(102)55-17-11-8-14-52(55)70(97)98)50-119-68(94)42-113-62(88)21-24-79(27-33-82)30-36-107-74(103)56-18-12-9-15-53(56)71(99)100;;;;;;;;;;;;/h4-12,51-56,80-82H,1-3,13-50H2,(H,95,96)(H,97,98)(H,99,100);12*1H4. The summed E-state index contributed by atoms with van der Waals surface area (Å²) in [4.78, 5) is 235. The summed E-state index contributed by atoms with van der Waals surface area (Å²) in [6, 6.07) is 0. The van der Waals surface area contributed by atoms with Crippen LogP contribution >= 0.6 is 0 Å². The average molecular weight is 1890 g/mol. The molecular formula is C88H151N3O40. The number of aliphatic carboxylic acids is 3. The van der Waals surface area contributed by atoms with E-state index in [2.05, 4.69) is 19.7 Å². The number of rotatable bonds is 61. The molecule has 43 nitrogen and oxygen atoms in total. The molecule has 6 atom stereocenters. The van der Waals surface area contributed by atoms with Gasteiger partial charge in [0.2, 0.25) is 0 Å². The number of aliphatic hydroxyl groups excluding tert-OH is 3. The van der Waals surface area contributed by atoms with Crippen molar-refractivity contribution in [1.29, 1.82) is 0 Å². The molecule has 0 aliphatic heterocycles. The lowest BCUT2D eigenvalue weighted by molar-refractivity contribution is -0.184. The number of allylic oxidation sites excluding steroid dienone is 6. The summed E-state index contributed by atoms with van der Waals surface area (Å²) >= 11 is 0. The first-order valence-electron chi connectivity index (χ1n) is 37.3.